The molecule has 0 aliphatic carbocycles. The summed E-state index contributed by atoms with van der Waals surface area (Å²) in [5.41, 5.74) is 3.35. The van der Waals surface area contributed by atoms with E-state index in [1.807, 2.05) is 19.1 Å². The van der Waals surface area contributed by atoms with Crippen LogP contribution in [0.2, 0.25) is 0 Å². The van der Waals surface area contributed by atoms with Crippen LogP contribution in [0.3, 0.4) is 0 Å². The summed E-state index contributed by atoms with van der Waals surface area (Å²) >= 11 is 6.85. The maximum atomic E-state index is 11.6. The van der Waals surface area contributed by atoms with Crippen molar-refractivity contribution in [3.8, 4) is 0 Å². The van der Waals surface area contributed by atoms with E-state index in [0.717, 1.165) is 25.9 Å². The van der Waals surface area contributed by atoms with Gasteiger partial charge in [-0.3, -0.25) is 4.98 Å². The molecule has 0 amide bonds. The fraction of sp³-hybridized carbons (Fsp3) is 0.200. The van der Waals surface area contributed by atoms with Gasteiger partial charge in [-0.15, -0.1) is 0 Å². The van der Waals surface area contributed by atoms with Crippen molar-refractivity contribution in [1.29, 1.82) is 0 Å². The number of hydrogen-bond acceptors (Lipinski definition) is 4. The minimum Gasteiger partial charge on any atom is -0.465 e. The number of rotatable bonds is 4. The molecule has 0 bridgehead atoms. The first kappa shape index (κ1) is 16.0. The van der Waals surface area contributed by atoms with Gasteiger partial charge in [-0.25, -0.2) is 4.79 Å². The van der Waals surface area contributed by atoms with Crippen molar-refractivity contribution in [3.63, 3.8) is 0 Å². The normalized spacial score (nSPS) is 10.3. The van der Waals surface area contributed by atoms with E-state index in [9.17, 15) is 4.79 Å². The molecule has 2 aromatic rings. The number of carbonyl (C=O) groups is 1. The van der Waals surface area contributed by atoms with Gasteiger partial charge in [-0.2, -0.15) is 0 Å². The summed E-state index contributed by atoms with van der Waals surface area (Å²) in [6.45, 7) is 2.53. The summed E-state index contributed by atoms with van der Waals surface area (Å²) in [7, 11) is 1.37. The fourth-order valence-corrected chi connectivity index (χ4v) is 2.94. The molecule has 0 saturated carbocycles. The van der Waals surface area contributed by atoms with Crippen molar-refractivity contribution in [1.82, 2.24) is 4.98 Å². The first-order valence-electron chi connectivity index (χ1n) is 6.24. The molecule has 0 unspecified atom stereocenters. The minimum atomic E-state index is -0.346. The van der Waals surface area contributed by atoms with E-state index in [-0.39, 0.29) is 5.97 Å². The summed E-state index contributed by atoms with van der Waals surface area (Å²) in [5.74, 6) is -0.346. The molecule has 0 atom stereocenters. The number of carbonyl (C=O) groups excluding carboxylic acids is 1. The maximum Gasteiger partial charge on any atom is 0.337 e. The van der Waals surface area contributed by atoms with Crippen LogP contribution in [0.15, 0.2) is 39.4 Å². The number of hydrogen-bond donors (Lipinski definition) is 1. The van der Waals surface area contributed by atoms with Gasteiger partial charge in [0, 0.05) is 20.8 Å². The highest BCUT2D eigenvalue weighted by Crippen LogP contribution is 2.22. The molecule has 0 radical (unpaired) electrons. The number of aryl methyl sites for hydroxylation is 1. The molecule has 0 aliphatic rings. The Bertz CT molecular complexity index is 675. The van der Waals surface area contributed by atoms with Crippen LogP contribution in [-0.4, -0.2) is 18.1 Å². The molecule has 0 saturated heterocycles. The molecule has 110 valence electrons. The molecule has 0 aliphatic heterocycles. The molecule has 1 aromatic carbocycles. The van der Waals surface area contributed by atoms with Gasteiger partial charge in [-0.1, -0.05) is 6.07 Å². The van der Waals surface area contributed by atoms with Crippen molar-refractivity contribution >= 4 is 43.5 Å². The second-order valence-corrected chi connectivity index (χ2v) is 6.23. The number of benzene rings is 1. The van der Waals surface area contributed by atoms with Gasteiger partial charge in [0.25, 0.3) is 0 Å². The van der Waals surface area contributed by atoms with E-state index in [1.54, 1.807) is 18.3 Å². The predicted octanol–water partition coefficient (Wildman–Crippen LogP) is 4.31. The number of pyridine rings is 1. The van der Waals surface area contributed by atoms with Crippen LogP contribution in [0.5, 0.6) is 0 Å². The van der Waals surface area contributed by atoms with Crippen LogP contribution in [0.1, 0.15) is 21.6 Å². The van der Waals surface area contributed by atoms with Crippen molar-refractivity contribution in [2.45, 2.75) is 13.5 Å². The Morgan fingerprint density at radius 1 is 1.33 bits per heavy atom. The smallest absolute Gasteiger partial charge is 0.337 e. The lowest BCUT2D eigenvalue weighted by Crippen LogP contribution is -2.06. The summed E-state index contributed by atoms with van der Waals surface area (Å²) in [4.78, 5) is 15.9. The van der Waals surface area contributed by atoms with Gasteiger partial charge in [0.05, 0.1) is 24.9 Å². The minimum absolute atomic E-state index is 0.346. The first-order chi connectivity index (χ1) is 10.0. The molecule has 2 rings (SSSR count). The Kier molecular flexibility index (Phi) is 5.36. The van der Waals surface area contributed by atoms with E-state index in [0.29, 0.717) is 12.1 Å². The number of nitrogens with zero attached hydrogens (tertiary/aromatic N) is 1. The number of halogens is 2. The van der Waals surface area contributed by atoms with Crippen LogP contribution in [0, 0.1) is 6.92 Å². The summed E-state index contributed by atoms with van der Waals surface area (Å²) in [5, 5.41) is 3.29. The Morgan fingerprint density at radius 2 is 2.10 bits per heavy atom. The van der Waals surface area contributed by atoms with Crippen molar-refractivity contribution in [2.75, 3.05) is 12.4 Å². The highest BCUT2D eigenvalue weighted by Gasteiger charge is 2.09. The third-order valence-electron chi connectivity index (χ3n) is 2.99. The molecule has 1 heterocycles. The van der Waals surface area contributed by atoms with E-state index >= 15 is 0 Å². The Morgan fingerprint density at radius 3 is 2.76 bits per heavy atom. The SMILES string of the molecule is COC(=O)c1ccc(C)c(NCc2ncc(Br)cc2Br)c1. The average molecular weight is 414 g/mol. The van der Waals surface area contributed by atoms with E-state index < -0.39 is 0 Å². The first-order valence-corrected chi connectivity index (χ1v) is 7.82. The Labute approximate surface area is 140 Å². The maximum absolute atomic E-state index is 11.6. The zero-order valence-corrected chi connectivity index (χ0v) is 14.8. The van der Waals surface area contributed by atoms with Gasteiger partial charge >= 0.3 is 5.97 Å². The third-order valence-corrected chi connectivity index (χ3v) is 4.11. The molecule has 21 heavy (non-hydrogen) atoms. The number of anilines is 1. The van der Waals surface area contributed by atoms with Gasteiger partial charge in [0.2, 0.25) is 0 Å². The van der Waals surface area contributed by atoms with Crippen molar-refractivity contribution in [2.24, 2.45) is 0 Å². The van der Waals surface area contributed by atoms with E-state index in [4.69, 9.17) is 4.74 Å². The quantitative estimate of drug-likeness (QED) is 0.758. The lowest BCUT2D eigenvalue weighted by atomic mass is 10.1. The van der Waals surface area contributed by atoms with Crippen molar-refractivity contribution in [3.05, 3.63) is 56.2 Å². The number of ether oxygens (including phenoxy) is 1. The van der Waals surface area contributed by atoms with Crippen LogP contribution in [0.4, 0.5) is 5.69 Å². The molecule has 1 N–H and O–H groups in total. The van der Waals surface area contributed by atoms with Crippen LogP contribution in [0.25, 0.3) is 0 Å². The van der Waals surface area contributed by atoms with Crippen molar-refractivity contribution < 1.29 is 9.53 Å². The van der Waals surface area contributed by atoms with Crippen LogP contribution < -0.4 is 5.32 Å². The fourth-order valence-electron chi connectivity index (χ4n) is 1.81. The third kappa shape index (κ3) is 4.04. The molecule has 1 aromatic heterocycles. The number of nitrogens with one attached hydrogen (secondary N) is 1. The topological polar surface area (TPSA) is 51.2 Å². The van der Waals surface area contributed by atoms with E-state index in [1.165, 1.54) is 7.11 Å². The van der Waals surface area contributed by atoms with Gasteiger partial charge in [0.15, 0.2) is 0 Å². The van der Waals surface area contributed by atoms with E-state index in [2.05, 4.69) is 42.2 Å². The Balaban J connectivity index is 2.17. The average Bonchev–Trinajstić information content (AvgIpc) is 2.47. The zero-order valence-electron chi connectivity index (χ0n) is 11.6. The number of methoxy groups -OCH3 is 1. The second kappa shape index (κ2) is 7.04. The highest BCUT2D eigenvalue weighted by atomic mass is 79.9. The predicted molar refractivity (Wildman–Crippen MR) is 89.5 cm³/mol. The molecule has 0 spiro atoms. The monoisotopic (exact) mass is 412 g/mol. The number of aromatic nitrogens is 1. The summed E-state index contributed by atoms with van der Waals surface area (Å²) in [6, 6.07) is 7.37. The van der Waals surface area contributed by atoms with Gasteiger partial charge < -0.3 is 10.1 Å². The van der Waals surface area contributed by atoms with Gasteiger partial charge in [0.1, 0.15) is 0 Å². The zero-order chi connectivity index (χ0) is 15.4. The molecule has 0 fully saturated rings. The second-order valence-electron chi connectivity index (χ2n) is 4.46. The number of esters is 1. The van der Waals surface area contributed by atoms with Crippen LogP contribution >= 0.6 is 31.9 Å². The largest absolute Gasteiger partial charge is 0.465 e. The molecular weight excluding hydrogens is 400 g/mol. The van der Waals surface area contributed by atoms with Gasteiger partial charge in [-0.05, 0) is 62.5 Å². The standard InChI is InChI=1S/C15H14Br2N2O2/c1-9-3-4-10(15(20)21-2)5-13(9)19-8-14-12(17)6-11(16)7-18-14/h3-7,19H,8H2,1-2H3. The lowest BCUT2D eigenvalue weighted by molar-refractivity contribution is 0.0601. The molecular formula is C15H14Br2N2O2. The molecule has 6 heteroatoms. The lowest BCUT2D eigenvalue weighted by Gasteiger charge is -2.11. The summed E-state index contributed by atoms with van der Waals surface area (Å²) in [6.07, 6.45) is 1.75. The molecule has 4 nitrogen and oxygen atoms in total. The highest BCUT2D eigenvalue weighted by molar-refractivity contribution is 9.11. The Hall–Kier alpha value is -1.40. The van der Waals surface area contributed by atoms with Crippen LogP contribution in [-0.2, 0) is 11.3 Å². The summed E-state index contributed by atoms with van der Waals surface area (Å²) < 4.78 is 6.58.